The van der Waals surface area contributed by atoms with Crippen molar-refractivity contribution in [3.05, 3.63) is 0 Å². The van der Waals surface area contributed by atoms with Crippen LogP contribution in [0.15, 0.2) is 0 Å². The van der Waals surface area contributed by atoms with Crippen LogP contribution in [0.3, 0.4) is 0 Å². The highest BCUT2D eigenvalue weighted by Crippen LogP contribution is 2.21. The first kappa shape index (κ1) is 46.8. The first-order chi connectivity index (χ1) is 26.6. The number of carboxylic acids is 3. The van der Waals surface area contributed by atoms with Crippen LogP contribution in [0.5, 0.6) is 0 Å². The summed E-state index contributed by atoms with van der Waals surface area (Å²) in [6.07, 6.45) is -2.59. The number of primary amides is 2. The van der Waals surface area contributed by atoms with E-state index in [1.807, 2.05) is 0 Å². The van der Waals surface area contributed by atoms with Gasteiger partial charge in [-0.05, 0) is 39.0 Å². The van der Waals surface area contributed by atoms with E-state index in [4.69, 9.17) is 17.2 Å². The molecule has 2 fully saturated rings. The number of hydrogen-bond donors (Lipinski definition) is 11. The Balaban J connectivity index is 2.15. The van der Waals surface area contributed by atoms with E-state index >= 15 is 0 Å². The Labute approximate surface area is 324 Å². The minimum absolute atomic E-state index is 0.000253. The van der Waals surface area contributed by atoms with Gasteiger partial charge in [-0.25, -0.2) is 4.79 Å². The molecule has 2 aliphatic heterocycles. The predicted octanol–water partition coefficient (Wildman–Crippen LogP) is -6.45. The molecule has 0 saturated carbocycles. The number of nitrogens with two attached hydrogens (primary N) is 3. The molecule has 0 aromatic rings. The molecule has 25 heteroatoms. The number of nitrogens with zero attached hydrogens (tertiary/aromatic N) is 2. The highest BCUT2D eigenvalue weighted by molar-refractivity contribution is 5.99. The van der Waals surface area contributed by atoms with Crippen LogP contribution in [0.4, 0.5) is 0 Å². The summed E-state index contributed by atoms with van der Waals surface area (Å²) in [6.45, 7) is 0.352. The summed E-state index contributed by atoms with van der Waals surface area (Å²) >= 11 is 0. The fourth-order valence-electron chi connectivity index (χ4n) is 6.10. The zero-order valence-electron chi connectivity index (χ0n) is 30.9. The lowest BCUT2D eigenvalue weighted by Gasteiger charge is -2.30. The molecular formula is C32H48N10O15. The number of amides is 9. The van der Waals surface area contributed by atoms with Gasteiger partial charge in [0, 0.05) is 19.5 Å². The molecule has 2 rings (SSSR count). The zero-order valence-corrected chi connectivity index (χ0v) is 30.9. The molecule has 57 heavy (non-hydrogen) atoms. The van der Waals surface area contributed by atoms with Crippen molar-refractivity contribution in [2.45, 2.75) is 107 Å². The van der Waals surface area contributed by atoms with Crippen LogP contribution < -0.4 is 43.8 Å². The number of nitrogens with one attached hydrogen (secondary N) is 5. The molecule has 0 aromatic carbocycles. The Kier molecular flexibility index (Phi) is 17.7. The van der Waals surface area contributed by atoms with E-state index in [9.17, 15) is 72.9 Å². The van der Waals surface area contributed by atoms with E-state index < -0.39 is 152 Å². The summed E-state index contributed by atoms with van der Waals surface area (Å²) < 4.78 is 0. The lowest BCUT2D eigenvalue weighted by atomic mass is 10.1. The molecule has 7 atom stereocenters. The third-order valence-electron chi connectivity index (χ3n) is 8.90. The fraction of sp³-hybridized carbons (Fsp3) is 0.625. The first-order valence-electron chi connectivity index (χ1n) is 17.7. The minimum atomic E-state index is -1.73. The largest absolute Gasteiger partial charge is 0.481 e. The second-order valence-corrected chi connectivity index (χ2v) is 13.4. The van der Waals surface area contributed by atoms with Crippen LogP contribution in [0.1, 0.15) is 64.7 Å². The third-order valence-corrected chi connectivity index (χ3v) is 8.90. The molecular weight excluding hydrogens is 764 g/mol. The number of carbonyl (C=O) groups is 12. The van der Waals surface area contributed by atoms with Gasteiger partial charge in [0.25, 0.3) is 0 Å². The van der Waals surface area contributed by atoms with Gasteiger partial charge in [0.2, 0.25) is 53.2 Å². The van der Waals surface area contributed by atoms with Gasteiger partial charge in [-0.15, -0.1) is 0 Å². The molecule has 7 unspecified atom stereocenters. The first-order valence-corrected chi connectivity index (χ1v) is 17.7. The van der Waals surface area contributed by atoms with Gasteiger partial charge in [-0.2, -0.15) is 0 Å². The second-order valence-electron chi connectivity index (χ2n) is 13.4. The van der Waals surface area contributed by atoms with Crippen LogP contribution in [0, 0.1) is 0 Å². The number of likely N-dealkylation sites (tertiary alicyclic amines) is 2. The van der Waals surface area contributed by atoms with Gasteiger partial charge >= 0.3 is 17.9 Å². The smallest absolute Gasteiger partial charge is 0.326 e. The molecule has 0 radical (unpaired) electrons. The lowest BCUT2D eigenvalue weighted by Crippen LogP contribution is -2.59. The van der Waals surface area contributed by atoms with Crippen molar-refractivity contribution in [1.29, 1.82) is 0 Å². The summed E-state index contributed by atoms with van der Waals surface area (Å²) in [5.41, 5.74) is 15.8. The van der Waals surface area contributed by atoms with Crippen LogP contribution in [0.2, 0.25) is 0 Å². The van der Waals surface area contributed by atoms with Gasteiger partial charge in [0.05, 0.1) is 31.8 Å². The maximum absolute atomic E-state index is 13.6. The summed E-state index contributed by atoms with van der Waals surface area (Å²) in [7, 11) is 0. The summed E-state index contributed by atoms with van der Waals surface area (Å²) in [6, 6.07) is -10.4. The Morgan fingerprint density at radius 2 is 1.21 bits per heavy atom. The molecule has 2 heterocycles. The van der Waals surface area contributed by atoms with Crippen molar-refractivity contribution in [1.82, 2.24) is 36.4 Å². The highest BCUT2D eigenvalue weighted by atomic mass is 16.4. The van der Waals surface area contributed by atoms with Gasteiger partial charge in [0.1, 0.15) is 36.3 Å². The van der Waals surface area contributed by atoms with Crippen molar-refractivity contribution in [3.8, 4) is 0 Å². The standard InChI is InChI=1S/C32H48N10O15/c1-14(26(50)40-18(12-25(48)49)31(55)42-9-3-5-20(42)32(56)57)37-28(52)17(11-22(35)44)39-29(53)19-4-2-8-41(19)30(54)16(6-7-24(46)47)38-23(45)13-36-27(51)15(33)10-21(34)43/h14-20H,2-13,33H2,1H3,(H2,34,43)(H2,35,44)(H,36,51)(H,37,52)(H,38,45)(H,39,53)(H,40,50)(H,46,47)(H,48,49)(H,56,57). The number of carboxylic acid groups (broad SMARTS) is 3. The van der Waals surface area contributed by atoms with Crippen LogP contribution in [-0.4, -0.2) is 158 Å². The molecule has 0 aliphatic carbocycles. The van der Waals surface area contributed by atoms with E-state index in [0.29, 0.717) is 6.42 Å². The normalized spacial score (nSPS) is 18.8. The van der Waals surface area contributed by atoms with Crippen LogP contribution in [0.25, 0.3) is 0 Å². The van der Waals surface area contributed by atoms with Crippen LogP contribution >= 0.6 is 0 Å². The molecule has 14 N–H and O–H groups in total. The molecule has 0 aromatic heterocycles. The fourth-order valence-corrected chi connectivity index (χ4v) is 6.10. The molecule has 316 valence electrons. The van der Waals surface area contributed by atoms with E-state index in [2.05, 4.69) is 26.6 Å². The topological polar surface area (TPSA) is 410 Å². The van der Waals surface area contributed by atoms with Crippen LogP contribution in [-0.2, 0) is 57.5 Å². The molecule has 0 spiro atoms. The van der Waals surface area contributed by atoms with Crippen molar-refractivity contribution < 1.29 is 72.9 Å². The van der Waals surface area contributed by atoms with E-state index in [1.54, 1.807) is 0 Å². The molecule has 9 amide bonds. The van der Waals surface area contributed by atoms with Crippen molar-refractivity contribution in [2.24, 2.45) is 17.2 Å². The Morgan fingerprint density at radius 1 is 0.649 bits per heavy atom. The molecule has 25 nitrogen and oxygen atoms in total. The van der Waals surface area contributed by atoms with Gasteiger partial charge in [-0.3, -0.25) is 52.7 Å². The third kappa shape index (κ3) is 14.6. The number of hydrogen-bond acceptors (Lipinski definition) is 13. The second kappa shape index (κ2) is 21.6. The van der Waals surface area contributed by atoms with E-state index in [-0.39, 0.29) is 32.4 Å². The van der Waals surface area contributed by atoms with E-state index in [1.165, 1.54) is 0 Å². The van der Waals surface area contributed by atoms with Crippen molar-refractivity contribution in [2.75, 3.05) is 19.6 Å². The summed E-state index contributed by atoms with van der Waals surface area (Å²) in [5, 5.41) is 39.1. The number of aliphatic carboxylic acids is 3. The predicted molar refractivity (Wildman–Crippen MR) is 188 cm³/mol. The monoisotopic (exact) mass is 812 g/mol. The zero-order chi connectivity index (χ0) is 43.1. The van der Waals surface area contributed by atoms with E-state index in [0.717, 1.165) is 16.7 Å². The quantitative estimate of drug-likeness (QED) is 0.0484. The Hall–Kier alpha value is -6.40. The van der Waals surface area contributed by atoms with Gasteiger partial charge < -0.3 is 68.9 Å². The average molecular weight is 813 g/mol. The lowest BCUT2D eigenvalue weighted by molar-refractivity contribution is -0.150. The number of rotatable bonds is 22. The molecule has 0 bridgehead atoms. The summed E-state index contributed by atoms with van der Waals surface area (Å²) in [4.78, 5) is 150. The van der Waals surface area contributed by atoms with Gasteiger partial charge in [-0.1, -0.05) is 0 Å². The molecule has 2 saturated heterocycles. The maximum Gasteiger partial charge on any atom is 0.326 e. The summed E-state index contributed by atoms with van der Waals surface area (Å²) in [5.74, 6) is -13.0. The average Bonchev–Trinajstić information content (AvgIpc) is 3.81. The van der Waals surface area contributed by atoms with Crippen molar-refractivity contribution in [3.63, 3.8) is 0 Å². The molecule has 2 aliphatic rings. The maximum atomic E-state index is 13.6. The van der Waals surface area contributed by atoms with Crippen molar-refractivity contribution >= 4 is 71.1 Å². The Morgan fingerprint density at radius 3 is 1.75 bits per heavy atom. The highest BCUT2D eigenvalue weighted by Gasteiger charge is 2.41. The van der Waals surface area contributed by atoms with Gasteiger partial charge in [0.15, 0.2) is 0 Å². The minimum Gasteiger partial charge on any atom is -0.481 e. The SMILES string of the molecule is CC(NC(=O)C(CC(N)=O)NC(=O)C1CCCN1C(=O)C(CCC(=O)O)NC(=O)CNC(=O)C(N)CC(N)=O)C(=O)NC(CC(=O)O)C(=O)N1CCCC1C(=O)O. The Bertz CT molecular complexity index is 1620. The number of carbonyl (C=O) groups excluding carboxylic acids is 9.